The van der Waals surface area contributed by atoms with Crippen LogP contribution < -0.4 is 0 Å². The molecule has 0 amide bonds. The summed E-state index contributed by atoms with van der Waals surface area (Å²) < 4.78 is 17.7. The van der Waals surface area contributed by atoms with E-state index in [0.29, 0.717) is 17.0 Å². The highest BCUT2D eigenvalue weighted by molar-refractivity contribution is 7.99. The topological polar surface area (TPSA) is 65.6 Å². The van der Waals surface area contributed by atoms with Gasteiger partial charge in [-0.25, -0.2) is 4.39 Å². The molecule has 0 radical (unpaired) electrons. The first kappa shape index (κ1) is 20.6. The van der Waals surface area contributed by atoms with E-state index in [1.807, 2.05) is 29.7 Å². The van der Waals surface area contributed by atoms with Crippen molar-refractivity contribution < 1.29 is 9.18 Å². The van der Waals surface area contributed by atoms with E-state index in [1.54, 1.807) is 24.5 Å². The normalized spacial score (nSPS) is 13.5. The van der Waals surface area contributed by atoms with Crippen LogP contribution in [0.5, 0.6) is 0 Å². The number of aromatic nitrogens is 5. The molecule has 0 aliphatic heterocycles. The van der Waals surface area contributed by atoms with Gasteiger partial charge in [-0.1, -0.05) is 11.8 Å². The SMILES string of the molecule is Cc1cc(C(=O)CSc2nnc(-c3ccncc3)n2-c2ccc(F)cc2)c(C)n1C1CC1. The predicted octanol–water partition coefficient (Wildman–Crippen LogP) is 5.20. The fourth-order valence-electron chi connectivity index (χ4n) is 4.04. The third-order valence-corrected chi connectivity index (χ3v) is 6.61. The number of pyridine rings is 1. The van der Waals surface area contributed by atoms with E-state index in [0.717, 1.165) is 28.2 Å². The average molecular weight is 448 g/mol. The molecule has 0 atom stereocenters. The summed E-state index contributed by atoms with van der Waals surface area (Å²) in [7, 11) is 0. The molecule has 4 aromatic rings. The summed E-state index contributed by atoms with van der Waals surface area (Å²) in [5.74, 6) is 0.600. The minimum atomic E-state index is -0.317. The number of hydrogen-bond donors (Lipinski definition) is 0. The van der Waals surface area contributed by atoms with Crippen molar-refractivity contribution in [3.63, 3.8) is 0 Å². The van der Waals surface area contributed by atoms with Crippen LogP contribution in [0.15, 0.2) is 60.0 Å². The monoisotopic (exact) mass is 447 g/mol. The van der Waals surface area contributed by atoms with Crippen molar-refractivity contribution in [2.24, 2.45) is 0 Å². The van der Waals surface area contributed by atoms with E-state index >= 15 is 0 Å². The van der Waals surface area contributed by atoms with Gasteiger partial charge in [0.1, 0.15) is 5.82 Å². The molecule has 6 nitrogen and oxygen atoms in total. The van der Waals surface area contributed by atoms with Crippen LogP contribution in [-0.4, -0.2) is 35.9 Å². The summed E-state index contributed by atoms with van der Waals surface area (Å²) in [5, 5.41) is 9.28. The fourth-order valence-corrected chi connectivity index (χ4v) is 4.87. The zero-order valence-electron chi connectivity index (χ0n) is 17.8. The molecule has 162 valence electrons. The van der Waals surface area contributed by atoms with Gasteiger partial charge >= 0.3 is 0 Å². The first-order valence-corrected chi connectivity index (χ1v) is 11.5. The van der Waals surface area contributed by atoms with Gasteiger partial charge in [0.15, 0.2) is 16.8 Å². The molecule has 3 heterocycles. The van der Waals surface area contributed by atoms with Crippen LogP contribution in [-0.2, 0) is 0 Å². The lowest BCUT2D eigenvalue weighted by Crippen LogP contribution is -2.07. The average Bonchev–Trinajstić information content (AvgIpc) is 3.47. The van der Waals surface area contributed by atoms with E-state index < -0.39 is 0 Å². The number of benzene rings is 1. The zero-order chi connectivity index (χ0) is 22.2. The summed E-state index contributed by atoms with van der Waals surface area (Å²) in [6.45, 7) is 4.08. The fraction of sp³-hybridized carbons (Fsp3) is 0.250. The Kier molecular flexibility index (Phi) is 5.38. The number of Topliss-reactive ketones (excluding diaryl/α,β-unsaturated/α-hetero) is 1. The molecule has 3 aromatic heterocycles. The van der Waals surface area contributed by atoms with Gasteiger partial charge in [-0.3, -0.25) is 14.3 Å². The Morgan fingerprint density at radius 3 is 2.50 bits per heavy atom. The van der Waals surface area contributed by atoms with E-state index in [2.05, 4.69) is 26.7 Å². The second-order valence-corrected chi connectivity index (χ2v) is 8.89. The molecule has 1 fully saturated rings. The number of aryl methyl sites for hydroxylation is 1. The van der Waals surface area contributed by atoms with E-state index in [-0.39, 0.29) is 17.4 Å². The first-order valence-electron chi connectivity index (χ1n) is 10.5. The van der Waals surface area contributed by atoms with E-state index in [4.69, 9.17) is 0 Å². The van der Waals surface area contributed by atoms with Crippen molar-refractivity contribution in [3.05, 3.63) is 77.6 Å². The molecule has 1 saturated carbocycles. The van der Waals surface area contributed by atoms with Crippen molar-refractivity contribution in [3.8, 4) is 17.1 Å². The third-order valence-electron chi connectivity index (χ3n) is 5.69. The Bertz CT molecular complexity index is 1280. The van der Waals surface area contributed by atoms with Crippen LogP contribution >= 0.6 is 11.8 Å². The van der Waals surface area contributed by atoms with Crippen molar-refractivity contribution in [2.45, 2.75) is 37.9 Å². The number of thioether (sulfide) groups is 1. The molecule has 32 heavy (non-hydrogen) atoms. The lowest BCUT2D eigenvalue weighted by atomic mass is 10.2. The number of halogens is 1. The number of carbonyl (C=O) groups is 1. The van der Waals surface area contributed by atoms with E-state index in [9.17, 15) is 9.18 Å². The molecule has 0 N–H and O–H groups in total. The van der Waals surface area contributed by atoms with Crippen LogP contribution in [0.2, 0.25) is 0 Å². The Morgan fingerprint density at radius 1 is 1.09 bits per heavy atom. The molecule has 1 aliphatic carbocycles. The zero-order valence-corrected chi connectivity index (χ0v) is 18.6. The number of hydrogen-bond acceptors (Lipinski definition) is 5. The predicted molar refractivity (Wildman–Crippen MR) is 122 cm³/mol. The van der Waals surface area contributed by atoms with Crippen molar-refractivity contribution in [1.82, 2.24) is 24.3 Å². The van der Waals surface area contributed by atoms with Crippen molar-refractivity contribution in [1.29, 1.82) is 0 Å². The Balaban J connectivity index is 1.45. The lowest BCUT2D eigenvalue weighted by Gasteiger charge is -2.10. The van der Waals surface area contributed by atoms with Crippen LogP contribution in [0.25, 0.3) is 17.1 Å². The van der Waals surface area contributed by atoms with Crippen LogP contribution in [0.1, 0.15) is 40.6 Å². The molecule has 5 rings (SSSR count). The summed E-state index contributed by atoms with van der Waals surface area (Å²) in [6, 6.07) is 12.4. The highest BCUT2D eigenvalue weighted by atomic mass is 32.2. The largest absolute Gasteiger partial charge is 0.345 e. The van der Waals surface area contributed by atoms with Crippen LogP contribution in [0.3, 0.4) is 0 Å². The Hall–Kier alpha value is -3.26. The summed E-state index contributed by atoms with van der Waals surface area (Å²) in [5.41, 5.74) is 4.50. The summed E-state index contributed by atoms with van der Waals surface area (Å²) in [4.78, 5) is 17.1. The van der Waals surface area contributed by atoms with Gasteiger partial charge in [0.2, 0.25) is 0 Å². The second kappa shape index (κ2) is 8.35. The van der Waals surface area contributed by atoms with Gasteiger partial charge in [-0.05, 0) is 69.2 Å². The molecule has 0 spiro atoms. The second-order valence-electron chi connectivity index (χ2n) is 7.95. The van der Waals surface area contributed by atoms with Gasteiger partial charge in [-0.2, -0.15) is 0 Å². The van der Waals surface area contributed by atoms with Crippen LogP contribution in [0.4, 0.5) is 4.39 Å². The molecule has 1 aromatic carbocycles. The van der Waals surface area contributed by atoms with Gasteiger partial charge in [0.25, 0.3) is 0 Å². The van der Waals surface area contributed by atoms with Crippen molar-refractivity contribution >= 4 is 17.5 Å². The number of nitrogens with zero attached hydrogens (tertiary/aromatic N) is 5. The third kappa shape index (κ3) is 3.86. The van der Waals surface area contributed by atoms with Gasteiger partial charge < -0.3 is 4.57 Å². The molecular weight excluding hydrogens is 425 g/mol. The smallest absolute Gasteiger partial charge is 0.196 e. The van der Waals surface area contributed by atoms with Gasteiger partial charge in [0, 0.05) is 46.6 Å². The maximum absolute atomic E-state index is 13.5. The quantitative estimate of drug-likeness (QED) is 0.288. The van der Waals surface area contributed by atoms with Crippen LogP contribution in [0, 0.1) is 19.7 Å². The maximum atomic E-state index is 13.5. The maximum Gasteiger partial charge on any atom is 0.196 e. The summed E-state index contributed by atoms with van der Waals surface area (Å²) >= 11 is 1.33. The highest BCUT2D eigenvalue weighted by Crippen LogP contribution is 2.38. The number of rotatable bonds is 7. The van der Waals surface area contributed by atoms with Gasteiger partial charge in [0.05, 0.1) is 5.75 Å². The standard InChI is InChI=1S/C24H22FN5OS/c1-15-13-21(16(2)29(15)19-7-8-19)22(31)14-32-24-28-27-23(17-9-11-26-12-10-17)30(24)20-5-3-18(25)4-6-20/h3-6,9-13,19H,7-8,14H2,1-2H3. The number of carbonyl (C=O) groups excluding carboxylic acids is 1. The molecular formula is C24H22FN5OS. The van der Waals surface area contributed by atoms with E-state index in [1.165, 1.54) is 36.7 Å². The highest BCUT2D eigenvalue weighted by Gasteiger charge is 2.28. The molecule has 0 unspecified atom stereocenters. The molecule has 0 bridgehead atoms. The minimum Gasteiger partial charge on any atom is -0.345 e. The molecule has 1 aliphatic rings. The molecule has 0 saturated heterocycles. The first-order chi connectivity index (χ1) is 15.5. The Labute approximate surface area is 189 Å². The summed E-state index contributed by atoms with van der Waals surface area (Å²) in [6.07, 6.45) is 5.73. The lowest BCUT2D eigenvalue weighted by molar-refractivity contribution is 0.102. The minimum absolute atomic E-state index is 0.0640. The van der Waals surface area contributed by atoms with Crippen molar-refractivity contribution in [2.75, 3.05) is 5.75 Å². The Morgan fingerprint density at radius 2 is 1.81 bits per heavy atom. The number of ketones is 1. The van der Waals surface area contributed by atoms with Gasteiger partial charge in [-0.15, -0.1) is 10.2 Å². The molecule has 8 heteroatoms.